The summed E-state index contributed by atoms with van der Waals surface area (Å²) in [7, 11) is 0. The van der Waals surface area contributed by atoms with Crippen molar-refractivity contribution in [1.29, 1.82) is 0 Å². The summed E-state index contributed by atoms with van der Waals surface area (Å²) in [6.45, 7) is 2.43. The number of hydrogen-bond donors (Lipinski definition) is 2. The Morgan fingerprint density at radius 3 is 2.67 bits per heavy atom. The van der Waals surface area contributed by atoms with Gasteiger partial charge in [0.2, 0.25) is 0 Å². The Labute approximate surface area is 239 Å². The molecule has 4 heterocycles. The van der Waals surface area contributed by atoms with E-state index in [0.29, 0.717) is 5.69 Å². The Morgan fingerprint density at radius 2 is 1.95 bits per heavy atom. The Morgan fingerprint density at radius 1 is 1.19 bits per heavy atom. The third-order valence-corrected chi connectivity index (χ3v) is 7.75. The number of hydrogen-bond acceptors (Lipinski definition) is 11. The summed E-state index contributed by atoms with van der Waals surface area (Å²) in [5.74, 6) is -5.00. The number of aliphatic hydroxyl groups excluding tert-OH is 2. The molecule has 0 spiro atoms. The van der Waals surface area contributed by atoms with Crippen LogP contribution < -0.4 is 0 Å². The van der Waals surface area contributed by atoms with Crippen LogP contribution in [0.4, 0.5) is 13.2 Å². The van der Waals surface area contributed by atoms with Crippen molar-refractivity contribution in [2.24, 2.45) is 0 Å². The van der Waals surface area contributed by atoms with Crippen LogP contribution in [0.1, 0.15) is 29.9 Å². The summed E-state index contributed by atoms with van der Waals surface area (Å²) < 4.78 is 56.5. The molecule has 1 saturated heterocycles. The molecule has 0 unspecified atom stereocenters. The fourth-order valence-corrected chi connectivity index (χ4v) is 5.85. The Kier molecular flexibility index (Phi) is 7.22. The fourth-order valence-electron chi connectivity index (χ4n) is 4.99. The molecule has 6 rings (SSSR count). The molecule has 5 aromatic rings. The average Bonchev–Trinajstić information content (AvgIpc) is 3.70. The van der Waals surface area contributed by atoms with Gasteiger partial charge in [0, 0.05) is 12.5 Å². The van der Waals surface area contributed by atoms with E-state index in [9.17, 15) is 28.2 Å². The van der Waals surface area contributed by atoms with Crippen molar-refractivity contribution < 1.29 is 37.7 Å². The number of nitrogens with zero attached hydrogens (tertiary/aromatic N) is 7. The van der Waals surface area contributed by atoms with E-state index >= 15 is 0 Å². The molecule has 2 aromatic carbocycles. The van der Waals surface area contributed by atoms with Crippen molar-refractivity contribution in [1.82, 2.24) is 34.7 Å². The minimum Gasteiger partial charge on any atom is -0.457 e. The van der Waals surface area contributed by atoms with Crippen LogP contribution in [0, 0.1) is 24.4 Å². The highest BCUT2D eigenvalue weighted by molar-refractivity contribution is 7.18. The molecule has 0 bridgehead atoms. The van der Waals surface area contributed by atoms with Crippen molar-refractivity contribution in [2.75, 3.05) is 6.61 Å². The molecule has 218 valence electrons. The first kappa shape index (κ1) is 27.9. The second-order valence-electron chi connectivity index (χ2n) is 9.59. The summed E-state index contributed by atoms with van der Waals surface area (Å²) in [6, 6.07) is 5.76. The molecule has 5 atom stereocenters. The van der Waals surface area contributed by atoms with Gasteiger partial charge >= 0.3 is 5.97 Å². The molecule has 0 saturated carbocycles. The quantitative estimate of drug-likeness (QED) is 0.220. The van der Waals surface area contributed by atoms with Gasteiger partial charge in [0.1, 0.15) is 30.3 Å². The van der Waals surface area contributed by atoms with Gasteiger partial charge < -0.3 is 19.7 Å². The van der Waals surface area contributed by atoms with Gasteiger partial charge in [0.25, 0.3) is 0 Å². The number of aromatic nitrogens is 7. The smallest absolute Gasteiger partial charge is 0.303 e. The lowest BCUT2D eigenvalue weighted by Gasteiger charge is -2.43. The van der Waals surface area contributed by atoms with E-state index in [1.54, 1.807) is 6.07 Å². The molecule has 1 fully saturated rings. The Balaban J connectivity index is 1.43. The van der Waals surface area contributed by atoms with E-state index < -0.39 is 60.5 Å². The van der Waals surface area contributed by atoms with E-state index in [-0.39, 0.29) is 17.1 Å². The van der Waals surface area contributed by atoms with Crippen LogP contribution in [0.25, 0.3) is 27.2 Å². The highest BCUT2D eigenvalue weighted by Gasteiger charge is 2.51. The molecular weight excluding hydrogens is 579 g/mol. The molecule has 42 heavy (non-hydrogen) atoms. The van der Waals surface area contributed by atoms with Crippen LogP contribution in [-0.4, -0.2) is 75.8 Å². The van der Waals surface area contributed by atoms with Gasteiger partial charge in [-0.3, -0.25) is 4.79 Å². The Bertz CT molecular complexity index is 1770. The van der Waals surface area contributed by atoms with Crippen molar-refractivity contribution in [3.63, 3.8) is 0 Å². The third-order valence-electron chi connectivity index (χ3n) is 6.82. The second kappa shape index (κ2) is 10.9. The van der Waals surface area contributed by atoms with Crippen molar-refractivity contribution >= 4 is 27.5 Å². The number of carbonyl (C=O) groups is 1. The molecular formula is C26H22F3N7O5S. The number of rotatable bonds is 6. The van der Waals surface area contributed by atoms with Crippen LogP contribution in [0.5, 0.6) is 0 Å². The monoisotopic (exact) mass is 601 g/mol. The average molecular weight is 602 g/mol. The Hall–Kier alpha value is -4.25. The zero-order valence-electron chi connectivity index (χ0n) is 21.9. The first-order valence-electron chi connectivity index (χ1n) is 12.6. The minimum absolute atomic E-state index is 0.0542. The predicted molar refractivity (Wildman–Crippen MR) is 140 cm³/mol. The molecule has 1 aliphatic rings. The van der Waals surface area contributed by atoms with E-state index in [1.165, 1.54) is 35.5 Å². The number of halogens is 3. The predicted octanol–water partition coefficient (Wildman–Crippen LogP) is 2.83. The maximum atomic E-state index is 13.9. The number of fused-ring (bicyclic) bond motifs is 1. The molecule has 16 heteroatoms. The normalized spacial score (nSPS) is 22.5. The van der Waals surface area contributed by atoms with Crippen LogP contribution in [-0.2, 0) is 14.3 Å². The molecule has 0 amide bonds. The molecule has 3 aromatic heterocycles. The first-order chi connectivity index (χ1) is 20.1. The molecule has 1 aliphatic heterocycles. The van der Waals surface area contributed by atoms with Crippen LogP contribution in [0.2, 0.25) is 0 Å². The SMILES string of the molecule is CC(=O)O[C@@H]1[C@@H](n2cc(-c3cc(F)c(F)c(F)c3)nn2)[C@@H](O)[C@@H](CO)O[C@H]1c1ncnn1-c1ccc2nc(C)sc2c1. The van der Waals surface area contributed by atoms with E-state index in [0.717, 1.165) is 32.0 Å². The summed E-state index contributed by atoms with van der Waals surface area (Å²) in [4.78, 5) is 21.1. The second-order valence-corrected chi connectivity index (χ2v) is 10.8. The van der Waals surface area contributed by atoms with Crippen LogP contribution in [0.15, 0.2) is 42.9 Å². The number of ether oxygens (including phenoxy) is 2. The standard InChI is InChI=1S/C26H22F3N7O5S/c1-11-32-17-4-3-14(7-20(17)42-11)36-26(30-10-31-36)25-24(40-12(2)38)22(23(39)19(9-37)41-25)35-8-18(33-34-35)13-5-15(27)21(29)16(28)6-13/h3-8,10,19,22-25,37,39H,9H2,1-2H3/t19-,22+,23+,24-,25-/m1/s1. The maximum absolute atomic E-state index is 13.9. The van der Waals surface area contributed by atoms with Gasteiger partial charge in [-0.2, -0.15) is 5.10 Å². The number of thiazole rings is 1. The van der Waals surface area contributed by atoms with Crippen molar-refractivity contribution in [2.45, 2.75) is 44.3 Å². The van der Waals surface area contributed by atoms with Gasteiger partial charge in [-0.1, -0.05) is 5.21 Å². The van der Waals surface area contributed by atoms with E-state index in [1.807, 2.05) is 19.1 Å². The molecule has 12 nitrogen and oxygen atoms in total. The molecule has 0 radical (unpaired) electrons. The minimum atomic E-state index is -1.64. The van der Waals surface area contributed by atoms with Crippen LogP contribution in [0.3, 0.4) is 0 Å². The lowest BCUT2D eigenvalue weighted by atomic mass is 9.91. The summed E-state index contributed by atoms with van der Waals surface area (Å²) >= 11 is 1.49. The van der Waals surface area contributed by atoms with Gasteiger partial charge in [0.05, 0.1) is 33.7 Å². The van der Waals surface area contributed by atoms with E-state index in [4.69, 9.17) is 9.47 Å². The van der Waals surface area contributed by atoms with Crippen molar-refractivity contribution in [3.05, 3.63) is 71.1 Å². The topological polar surface area (TPSA) is 150 Å². The number of benzene rings is 2. The highest BCUT2D eigenvalue weighted by atomic mass is 32.1. The first-order valence-corrected chi connectivity index (χ1v) is 13.4. The van der Waals surface area contributed by atoms with Crippen molar-refractivity contribution in [3.8, 4) is 16.9 Å². The number of aryl methyl sites for hydroxylation is 1. The zero-order valence-corrected chi connectivity index (χ0v) is 22.7. The lowest BCUT2D eigenvalue weighted by molar-refractivity contribution is -0.222. The maximum Gasteiger partial charge on any atom is 0.303 e. The fraction of sp³-hybridized carbons (Fsp3) is 0.308. The summed E-state index contributed by atoms with van der Waals surface area (Å²) in [6.07, 6.45) is -2.61. The van der Waals surface area contributed by atoms with Crippen LogP contribution >= 0.6 is 11.3 Å². The zero-order chi connectivity index (χ0) is 29.7. The number of carbonyl (C=O) groups excluding carboxylic acids is 1. The third kappa shape index (κ3) is 4.91. The van der Waals surface area contributed by atoms with Gasteiger partial charge in [-0.25, -0.2) is 32.5 Å². The summed E-state index contributed by atoms with van der Waals surface area (Å²) in [5, 5.41) is 34.4. The van der Waals surface area contributed by atoms with Gasteiger partial charge in [0.15, 0.2) is 35.5 Å². The number of aliphatic hydroxyl groups is 2. The molecule has 2 N–H and O–H groups in total. The van der Waals surface area contributed by atoms with E-state index in [2.05, 4.69) is 25.4 Å². The lowest BCUT2D eigenvalue weighted by Crippen LogP contribution is -2.54. The molecule has 0 aliphatic carbocycles. The largest absolute Gasteiger partial charge is 0.457 e. The summed E-state index contributed by atoms with van der Waals surface area (Å²) in [5.41, 5.74) is 1.24. The number of esters is 1. The highest BCUT2D eigenvalue weighted by Crippen LogP contribution is 2.40. The van der Waals surface area contributed by atoms with Gasteiger partial charge in [-0.15, -0.1) is 16.4 Å². The van der Waals surface area contributed by atoms with Gasteiger partial charge in [-0.05, 0) is 37.3 Å².